The Labute approximate surface area is 106 Å². The zero-order valence-corrected chi connectivity index (χ0v) is 10.8. The van der Waals surface area contributed by atoms with Gasteiger partial charge in [-0.25, -0.2) is 0 Å². The van der Waals surface area contributed by atoms with Gasteiger partial charge in [0.15, 0.2) is 5.69 Å². The molecule has 2 N–H and O–H groups in total. The maximum atomic E-state index is 11.9. The third-order valence-corrected chi connectivity index (χ3v) is 2.33. The van der Waals surface area contributed by atoms with Gasteiger partial charge in [-0.1, -0.05) is 0 Å². The van der Waals surface area contributed by atoms with E-state index in [-0.39, 0.29) is 24.8 Å². The van der Waals surface area contributed by atoms with Crippen molar-refractivity contribution in [3.05, 3.63) is 17.8 Å². The van der Waals surface area contributed by atoms with Crippen LogP contribution in [-0.4, -0.2) is 66.6 Å². The zero-order valence-electron chi connectivity index (χ0n) is 10.8. The lowest BCUT2D eigenvalue weighted by molar-refractivity contribution is 0.0377. The van der Waals surface area contributed by atoms with Crippen molar-refractivity contribution >= 4 is 11.7 Å². The molecule has 0 aliphatic heterocycles. The minimum absolute atomic E-state index is 0.183. The molecule has 1 heterocycles. The van der Waals surface area contributed by atoms with Crippen LogP contribution in [0.25, 0.3) is 0 Å². The van der Waals surface area contributed by atoms with Crippen molar-refractivity contribution < 1.29 is 14.6 Å². The van der Waals surface area contributed by atoms with Gasteiger partial charge in [0.25, 0.3) is 5.91 Å². The smallest absolute Gasteiger partial charge is 0.274 e. The Kier molecular flexibility index (Phi) is 5.47. The fraction of sp³-hybridized carbons (Fsp3) is 0.545. The molecule has 0 radical (unpaired) electrons. The molecule has 0 aliphatic rings. The van der Waals surface area contributed by atoms with Crippen LogP contribution in [0.5, 0.6) is 0 Å². The molecule has 0 aromatic carbocycles. The lowest BCUT2D eigenvalue weighted by Gasteiger charge is -2.19. The number of carbonyl (C=O) groups excluding carboxylic acids is 1. The number of likely N-dealkylation sites (N-methyl/N-ethyl adjacent to an activating group) is 1. The van der Waals surface area contributed by atoms with Crippen LogP contribution in [0.3, 0.4) is 0 Å². The summed E-state index contributed by atoms with van der Waals surface area (Å²) in [6, 6.07) is 3.25. The Hall–Kier alpha value is -1.73. The van der Waals surface area contributed by atoms with Crippen LogP contribution in [0.15, 0.2) is 12.1 Å². The van der Waals surface area contributed by atoms with Gasteiger partial charge in [0.2, 0.25) is 0 Å². The lowest BCUT2D eigenvalue weighted by Crippen LogP contribution is -2.36. The second-order valence-electron chi connectivity index (χ2n) is 3.85. The number of methoxy groups -OCH3 is 1. The van der Waals surface area contributed by atoms with Crippen LogP contribution in [-0.2, 0) is 4.74 Å². The molecule has 0 saturated heterocycles. The molecule has 100 valence electrons. The quantitative estimate of drug-likeness (QED) is 0.718. The summed E-state index contributed by atoms with van der Waals surface area (Å²) < 4.78 is 4.80. The first-order valence-corrected chi connectivity index (χ1v) is 5.52. The van der Waals surface area contributed by atoms with Crippen LogP contribution >= 0.6 is 0 Å². The number of rotatable bonds is 6. The topological polar surface area (TPSA) is 87.6 Å². The number of anilines is 1. The van der Waals surface area contributed by atoms with Gasteiger partial charge in [-0.05, 0) is 12.1 Å². The van der Waals surface area contributed by atoms with E-state index in [9.17, 15) is 9.90 Å². The Bertz CT molecular complexity index is 382. The van der Waals surface area contributed by atoms with Gasteiger partial charge in [-0.2, -0.15) is 0 Å². The molecular formula is C11H18N4O3. The number of hydrogen-bond acceptors (Lipinski definition) is 6. The molecule has 0 fully saturated rings. The molecule has 0 spiro atoms. The summed E-state index contributed by atoms with van der Waals surface area (Å²) in [7, 11) is 4.81. The molecule has 1 rings (SSSR count). The number of hydrogen-bond donors (Lipinski definition) is 2. The number of amides is 1. The largest absolute Gasteiger partial charge is 0.389 e. The minimum Gasteiger partial charge on any atom is -0.389 e. The number of nitrogens with one attached hydrogen (secondary N) is 1. The van der Waals surface area contributed by atoms with E-state index < -0.39 is 6.10 Å². The van der Waals surface area contributed by atoms with Gasteiger partial charge >= 0.3 is 0 Å². The molecule has 1 amide bonds. The molecule has 0 aliphatic carbocycles. The Morgan fingerprint density at radius 2 is 2.28 bits per heavy atom. The normalized spacial score (nSPS) is 12.0. The van der Waals surface area contributed by atoms with Crippen LogP contribution < -0.4 is 5.32 Å². The summed E-state index contributed by atoms with van der Waals surface area (Å²) in [6.45, 7) is 0.365. The number of aliphatic hydroxyl groups is 1. The maximum absolute atomic E-state index is 11.9. The van der Waals surface area contributed by atoms with E-state index >= 15 is 0 Å². The third kappa shape index (κ3) is 3.94. The highest BCUT2D eigenvalue weighted by Crippen LogP contribution is 2.04. The molecule has 1 aromatic heterocycles. The van der Waals surface area contributed by atoms with Gasteiger partial charge in [-0.3, -0.25) is 4.79 Å². The number of nitrogens with zero attached hydrogens (tertiary/aromatic N) is 3. The molecule has 7 nitrogen and oxygen atoms in total. The van der Waals surface area contributed by atoms with Crippen molar-refractivity contribution in [1.29, 1.82) is 0 Å². The van der Waals surface area contributed by atoms with E-state index in [1.807, 2.05) is 0 Å². The average Bonchev–Trinajstić information content (AvgIpc) is 2.38. The van der Waals surface area contributed by atoms with Crippen molar-refractivity contribution in [3.63, 3.8) is 0 Å². The number of aliphatic hydroxyl groups excluding tert-OH is 1. The highest BCUT2D eigenvalue weighted by molar-refractivity contribution is 5.92. The van der Waals surface area contributed by atoms with Crippen LogP contribution in [0.1, 0.15) is 10.5 Å². The number of ether oxygens (including phenoxy) is 1. The van der Waals surface area contributed by atoms with Gasteiger partial charge in [-0.15, -0.1) is 10.2 Å². The van der Waals surface area contributed by atoms with E-state index in [1.54, 1.807) is 26.2 Å². The fourth-order valence-electron chi connectivity index (χ4n) is 1.42. The van der Waals surface area contributed by atoms with Gasteiger partial charge < -0.3 is 20.1 Å². The number of aromatic nitrogens is 2. The van der Waals surface area contributed by atoms with E-state index in [2.05, 4.69) is 15.5 Å². The average molecular weight is 254 g/mol. The first kappa shape index (κ1) is 14.3. The molecule has 1 atom stereocenters. The Morgan fingerprint density at radius 1 is 1.56 bits per heavy atom. The zero-order chi connectivity index (χ0) is 13.5. The van der Waals surface area contributed by atoms with E-state index in [1.165, 1.54) is 12.0 Å². The highest BCUT2D eigenvalue weighted by atomic mass is 16.5. The number of carbonyl (C=O) groups is 1. The van der Waals surface area contributed by atoms with Crippen molar-refractivity contribution in [2.24, 2.45) is 0 Å². The predicted octanol–water partition coefficient (Wildman–Crippen LogP) is -0.402. The molecule has 1 unspecified atom stereocenters. The van der Waals surface area contributed by atoms with E-state index in [0.29, 0.717) is 5.82 Å². The first-order chi connectivity index (χ1) is 8.58. The third-order valence-electron chi connectivity index (χ3n) is 2.33. The summed E-state index contributed by atoms with van der Waals surface area (Å²) in [5.74, 6) is 0.300. The second kappa shape index (κ2) is 6.87. The summed E-state index contributed by atoms with van der Waals surface area (Å²) >= 11 is 0. The molecule has 0 bridgehead atoms. The van der Waals surface area contributed by atoms with Crippen molar-refractivity contribution in [3.8, 4) is 0 Å². The molecule has 18 heavy (non-hydrogen) atoms. The van der Waals surface area contributed by atoms with E-state index in [4.69, 9.17) is 4.74 Å². The Balaban J connectivity index is 2.62. The summed E-state index contributed by atoms with van der Waals surface area (Å²) in [5.41, 5.74) is 0.237. The minimum atomic E-state index is -0.714. The van der Waals surface area contributed by atoms with Crippen LogP contribution in [0.2, 0.25) is 0 Å². The molecule has 7 heteroatoms. The van der Waals surface area contributed by atoms with Crippen LogP contribution in [0, 0.1) is 0 Å². The van der Waals surface area contributed by atoms with Crippen molar-refractivity contribution in [1.82, 2.24) is 15.1 Å². The standard InChI is InChI=1S/C11H18N4O3/c1-12-10-5-4-9(13-14-10)11(17)15(2)6-8(16)7-18-3/h4-5,8,16H,6-7H2,1-3H3,(H,12,14). The summed E-state index contributed by atoms with van der Waals surface area (Å²) in [4.78, 5) is 13.3. The molecule has 0 saturated carbocycles. The van der Waals surface area contributed by atoms with Crippen molar-refractivity contribution in [2.45, 2.75) is 6.10 Å². The van der Waals surface area contributed by atoms with Crippen molar-refractivity contribution in [2.75, 3.05) is 39.7 Å². The molecule has 1 aromatic rings. The first-order valence-electron chi connectivity index (χ1n) is 5.52. The lowest BCUT2D eigenvalue weighted by atomic mass is 10.3. The molecular weight excluding hydrogens is 236 g/mol. The van der Waals surface area contributed by atoms with Crippen LogP contribution in [0.4, 0.5) is 5.82 Å². The summed E-state index contributed by atoms with van der Waals surface area (Å²) in [5, 5.41) is 20.0. The second-order valence-corrected chi connectivity index (χ2v) is 3.85. The van der Waals surface area contributed by atoms with Gasteiger partial charge in [0.05, 0.1) is 12.7 Å². The van der Waals surface area contributed by atoms with E-state index in [0.717, 1.165) is 0 Å². The maximum Gasteiger partial charge on any atom is 0.274 e. The fourth-order valence-corrected chi connectivity index (χ4v) is 1.42. The monoisotopic (exact) mass is 254 g/mol. The van der Waals surface area contributed by atoms with Gasteiger partial charge in [0.1, 0.15) is 5.82 Å². The summed E-state index contributed by atoms with van der Waals surface area (Å²) in [6.07, 6.45) is -0.714. The highest BCUT2D eigenvalue weighted by Gasteiger charge is 2.16. The SMILES string of the molecule is CNc1ccc(C(=O)N(C)CC(O)COC)nn1. The predicted molar refractivity (Wildman–Crippen MR) is 66.4 cm³/mol. The van der Waals surface area contributed by atoms with Gasteiger partial charge in [0, 0.05) is 27.7 Å². The Morgan fingerprint density at radius 3 is 2.78 bits per heavy atom.